The Hall–Kier alpha value is -1.87. The molecule has 0 aliphatic carbocycles. The van der Waals surface area contributed by atoms with Crippen LogP contribution in [0.5, 0.6) is 5.75 Å². The zero-order valence-corrected chi connectivity index (χ0v) is 12.0. The molecule has 19 heavy (non-hydrogen) atoms. The number of ether oxygens (including phenoxy) is 1. The van der Waals surface area contributed by atoms with Crippen molar-refractivity contribution >= 4 is 27.9 Å². The van der Waals surface area contributed by atoms with Crippen LogP contribution in [-0.2, 0) is 6.61 Å². The molecule has 0 N–H and O–H groups in total. The second kappa shape index (κ2) is 6.34. The van der Waals surface area contributed by atoms with Crippen LogP contribution >= 0.6 is 17.0 Å². The van der Waals surface area contributed by atoms with Gasteiger partial charge in [-0.1, -0.05) is 48.5 Å². The number of rotatable bonds is 3. The minimum Gasteiger partial charge on any atom is -0.487 e. The number of pyridine rings is 1. The van der Waals surface area contributed by atoms with Crippen molar-refractivity contribution in [2.24, 2.45) is 0 Å². The molecule has 3 heteroatoms. The van der Waals surface area contributed by atoms with Gasteiger partial charge >= 0.3 is 0 Å². The largest absolute Gasteiger partial charge is 0.487 e. The first-order valence-electron chi connectivity index (χ1n) is 5.94. The summed E-state index contributed by atoms with van der Waals surface area (Å²) in [5, 5.41) is 1.10. The molecule has 2 aromatic carbocycles. The highest BCUT2D eigenvalue weighted by molar-refractivity contribution is 8.93. The third-order valence-electron chi connectivity index (χ3n) is 2.83. The standard InChI is InChI=1S/C16H13NO.BrH/c1-2-6-13(7-3-1)12-18-15-10-4-8-14-9-5-11-17-16(14)15;/h1-11H,12H2;1H. The molecule has 0 unspecified atom stereocenters. The fourth-order valence-electron chi connectivity index (χ4n) is 1.93. The van der Waals surface area contributed by atoms with Gasteiger partial charge in [-0.15, -0.1) is 17.0 Å². The van der Waals surface area contributed by atoms with Gasteiger partial charge in [0.25, 0.3) is 0 Å². The molecule has 0 aliphatic rings. The molecule has 0 saturated carbocycles. The van der Waals surface area contributed by atoms with Crippen LogP contribution < -0.4 is 4.74 Å². The Kier molecular flexibility index (Phi) is 4.53. The quantitative estimate of drug-likeness (QED) is 0.715. The second-order valence-corrected chi connectivity index (χ2v) is 4.11. The second-order valence-electron chi connectivity index (χ2n) is 4.11. The number of fused-ring (bicyclic) bond motifs is 1. The van der Waals surface area contributed by atoms with Gasteiger partial charge in [0, 0.05) is 11.6 Å². The zero-order valence-electron chi connectivity index (χ0n) is 10.3. The van der Waals surface area contributed by atoms with E-state index in [0.717, 1.165) is 22.2 Å². The average Bonchev–Trinajstić information content (AvgIpc) is 2.46. The molecule has 0 fully saturated rings. The summed E-state index contributed by atoms with van der Waals surface area (Å²) in [5.41, 5.74) is 2.07. The lowest BCUT2D eigenvalue weighted by molar-refractivity contribution is 0.309. The molecule has 96 valence electrons. The molecule has 3 rings (SSSR count). The molecule has 0 spiro atoms. The van der Waals surface area contributed by atoms with Crippen molar-refractivity contribution in [1.82, 2.24) is 4.98 Å². The minimum absolute atomic E-state index is 0. The van der Waals surface area contributed by atoms with Gasteiger partial charge in [0.05, 0.1) is 0 Å². The maximum absolute atomic E-state index is 5.84. The molecular formula is C16H14BrNO. The Morgan fingerprint density at radius 2 is 1.63 bits per heavy atom. The summed E-state index contributed by atoms with van der Waals surface area (Å²) in [6.07, 6.45) is 1.79. The van der Waals surface area contributed by atoms with Gasteiger partial charge in [0.15, 0.2) is 0 Å². The molecule has 0 radical (unpaired) electrons. The van der Waals surface area contributed by atoms with E-state index in [1.54, 1.807) is 6.20 Å². The average molecular weight is 316 g/mol. The van der Waals surface area contributed by atoms with Crippen molar-refractivity contribution in [1.29, 1.82) is 0 Å². The SMILES string of the molecule is Br.c1ccc(COc2cccc3cccnc23)cc1. The summed E-state index contributed by atoms with van der Waals surface area (Å²) in [7, 11) is 0. The van der Waals surface area contributed by atoms with Gasteiger partial charge in [0.1, 0.15) is 17.9 Å². The lowest BCUT2D eigenvalue weighted by atomic mass is 10.2. The summed E-state index contributed by atoms with van der Waals surface area (Å²) >= 11 is 0. The normalized spacial score (nSPS) is 9.89. The Bertz CT molecular complexity index is 650. The summed E-state index contributed by atoms with van der Waals surface area (Å²) in [6, 6.07) is 20.1. The Labute approximate surface area is 122 Å². The summed E-state index contributed by atoms with van der Waals surface area (Å²) < 4.78 is 5.84. The van der Waals surface area contributed by atoms with Crippen molar-refractivity contribution in [3.05, 3.63) is 72.4 Å². The third kappa shape index (κ3) is 3.12. The van der Waals surface area contributed by atoms with Gasteiger partial charge in [0.2, 0.25) is 0 Å². The zero-order chi connectivity index (χ0) is 12.2. The van der Waals surface area contributed by atoms with E-state index in [2.05, 4.69) is 17.1 Å². The molecule has 0 bridgehead atoms. The van der Waals surface area contributed by atoms with Crippen LogP contribution in [0.1, 0.15) is 5.56 Å². The molecule has 0 aliphatic heterocycles. The Morgan fingerprint density at radius 1 is 0.842 bits per heavy atom. The van der Waals surface area contributed by atoms with E-state index in [4.69, 9.17) is 4.74 Å². The van der Waals surface area contributed by atoms with E-state index in [0.29, 0.717) is 6.61 Å². The van der Waals surface area contributed by atoms with Crippen molar-refractivity contribution < 1.29 is 4.74 Å². The highest BCUT2D eigenvalue weighted by Crippen LogP contribution is 2.23. The maximum atomic E-state index is 5.84. The smallest absolute Gasteiger partial charge is 0.146 e. The van der Waals surface area contributed by atoms with Crippen LogP contribution in [0.15, 0.2) is 66.9 Å². The van der Waals surface area contributed by atoms with Crippen molar-refractivity contribution in [2.75, 3.05) is 0 Å². The number of benzene rings is 2. The van der Waals surface area contributed by atoms with E-state index in [1.165, 1.54) is 0 Å². The van der Waals surface area contributed by atoms with Crippen molar-refractivity contribution in [3.8, 4) is 5.75 Å². The van der Waals surface area contributed by atoms with Gasteiger partial charge < -0.3 is 4.74 Å². The number of aromatic nitrogens is 1. The van der Waals surface area contributed by atoms with Crippen LogP contribution in [0.4, 0.5) is 0 Å². The van der Waals surface area contributed by atoms with Gasteiger partial charge in [-0.05, 0) is 17.7 Å². The summed E-state index contributed by atoms with van der Waals surface area (Å²) in [5.74, 6) is 0.831. The Morgan fingerprint density at radius 3 is 2.47 bits per heavy atom. The van der Waals surface area contributed by atoms with Crippen LogP contribution in [0.2, 0.25) is 0 Å². The number of hydrogen-bond acceptors (Lipinski definition) is 2. The molecular weight excluding hydrogens is 302 g/mol. The van der Waals surface area contributed by atoms with Crippen LogP contribution in [0, 0.1) is 0 Å². The van der Waals surface area contributed by atoms with Gasteiger partial charge in [-0.2, -0.15) is 0 Å². The predicted molar refractivity (Wildman–Crippen MR) is 82.8 cm³/mol. The molecule has 1 heterocycles. The van der Waals surface area contributed by atoms with Gasteiger partial charge in [-0.3, -0.25) is 4.98 Å². The molecule has 1 aromatic heterocycles. The first-order chi connectivity index (χ1) is 8.93. The highest BCUT2D eigenvalue weighted by Gasteiger charge is 2.02. The summed E-state index contributed by atoms with van der Waals surface area (Å²) in [4.78, 5) is 4.37. The van der Waals surface area contributed by atoms with E-state index in [1.807, 2.05) is 48.5 Å². The first kappa shape index (κ1) is 13.6. The molecule has 0 amide bonds. The first-order valence-corrected chi connectivity index (χ1v) is 5.94. The van der Waals surface area contributed by atoms with Gasteiger partial charge in [-0.25, -0.2) is 0 Å². The maximum Gasteiger partial charge on any atom is 0.146 e. The molecule has 3 aromatic rings. The highest BCUT2D eigenvalue weighted by atomic mass is 79.9. The van der Waals surface area contributed by atoms with Crippen LogP contribution in [0.25, 0.3) is 10.9 Å². The van der Waals surface area contributed by atoms with E-state index in [9.17, 15) is 0 Å². The number of nitrogens with zero attached hydrogens (tertiary/aromatic N) is 1. The number of para-hydroxylation sites is 1. The number of hydrogen-bond donors (Lipinski definition) is 0. The predicted octanol–water partition coefficient (Wildman–Crippen LogP) is 4.39. The number of halogens is 1. The Balaban J connectivity index is 0.00000133. The topological polar surface area (TPSA) is 22.1 Å². The molecule has 0 atom stereocenters. The summed E-state index contributed by atoms with van der Waals surface area (Å²) in [6.45, 7) is 0.566. The molecule has 0 saturated heterocycles. The van der Waals surface area contributed by atoms with E-state index in [-0.39, 0.29) is 17.0 Å². The van der Waals surface area contributed by atoms with Crippen LogP contribution in [0.3, 0.4) is 0 Å². The lowest BCUT2D eigenvalue weighted by Crippen LogP contribution is -1.96. The lowest BCUT2D eigenvalue weighted by Gasteiger charge is -2.08. The fraction of sp³-hybridized carbons (Fsp3) is 0.0625. The van der Waals surface area contributed by atoms with Crippen LogP contribution in [-0.4, -0.2) is 4.98 Å². The van der Waals surface area contributed by atoms with E-state index < -0.39 is 0 Å². The van der Waals surface area contributed by atoms with Crippen molar-refractivity contribution in [3.63, 3.8) is 0 Å². The third-order valence-corrected chi connectivity index (χ3v) is 2.83. The van der Waals surface area contributed by atoms with E-state index >= 15 is 0 Å². The van der Waals surface area contributed by atoms with Crippen molar-refractivity contribution in [2.45, 2.75) is 6.61 Å². The fourth-order valence-corrected chi connectivity index (χ4v) is 1.93. The molecule has 2 nitrogen and oxygen atoms in total. The monoisotopic (exact) mass is 315 g/mol. The minimum atomic E-state index is 0.